The summed E-state index contributed by atoms with van der Waals surface area (Å²) < 4.78 is 18.2. The number of hydrogen-bond donors (Lipinski definition) is 2. The van der Waals surface area contributed by atoms with E-state index in [0.29, 0.717) is 5.92 Å². The molecule has 106 valence electrons. The van der Waals surface area contributed by atoms with Crippen molar-refractivity contribution in [3.05, 3.63) is 30.1 Å². The van der Waals surface area contributed by atoms with Crippen LogP contribution >= 0.6 is 11.8 Å². The average molecular weight is 284 g/mol. The zero-order valence-electron chi connectivity index (χ0n) is 11.0. The summed E-state index contributed by atoms with van der Waals surface area (Å²) in [5.41, 5.74) is 2.90. The third-order valence-electron chi connectivity index (χ3n) is 3.46. The van der Waals surface area contributed by atoms with Crippen LogP contribution in [0, 0.1) is 11.7 Å². The Morgan fingerprint density at radius 3 is 2.63 bits per heavy atom. The minimum Gasteiger partial charge on any atom is -0.381 e. The highest BCUT2D eigenvalue weighted by Gasteiger charge is 2.18. The van der Waals surface area contributed by atoms with E-state index in [0.717, 1.165) is 43.1 Å². The maximum absolute atomic E-state index is 12.8. The fraction of sp³-hybridized carbons (Fsp3) is 0.571. The Balaban J connectivity index is 1.76. The van der Waals surface area contributed by atoms with E-state index in [1.807, 2.05) is 12.1 Å². The van der Waals surface area contributed by atoms with Gasteiger partial charge in [0, 0.05) is 29.9 Å². The number of hydrazine groups is 1. The maximum atomic E-state index is 12.8. The Morgan fingerprint density at radius 2 is 2.00 bits per heavy atom. The van der Waals surface area contributed by atoms with Crippen molar-refractivity contribution in [2.45, 2.75) is 30.2 Å². The molecule has 1 aromatic carbocycles. The van der Waals surface area contributed by atoms with Crippen LogP contribution in [0.5, 0.6) is 0 Å². The van der Waals surface area contributed by atoms with Gasteiger partial charge in [-0.25, -0.2) is 4.39 Å². The molecule has 1 atom stereocenters. The highest BCUT2D eigenvalue weighted by atomic mass is 32.2. The highest BCUT2D eigenvalue weighted by molar-refractivity contribution is 7.99. The molecular weight excluding hydrogens is 263 g/mol. The second-order valence-electron chi connectivity index (χ2n) is 4.92. The van der Waals surface area contributed by atoms with E-state index in [-0.39, 0.29) is 11.9 Å². The zero-order valence-corrected chi connectivity index (χ0v) is 11.8. The van der Waals surface area contributed by atoms with Crippen molar-refractivity contribution in [1.82, 2.24) is 5.43 Å². The van der Waals surface area contributed by atoms with Crippen LogP contribution in [0.15, 0.2) is 29.2 Å². The van der Waals surface area contributed by atoms with Crippen molar-refractivity contribution in [1.29, 1.82) is 0 Å². The number of hydrogen-bond acceptors (Lipinski definition) is 4. The van der Waals surface area contributed by atoms with Crippen LogP contribution in [0.25, 0.3) is 0 Å². The predicted molar refractivity (Wildman–Crippen MR) is 76.4 cm³/mol. The van der Waals surface area contributed by atoms with Crippen LogP contribution in [0.4, 0.5) is 4.39 Å². The maximum Gasteiger partial charge on any atom is 0.123 e. The van der Waals surface area contributed by atoms with E-state index in [4.69, 9.17) is 10.6 Å². The molecule has 1 aromatic rings. The van der Waals surface area contributed by atoms with E-state index in [9.17, 15) is 4.39 Å². The second-order valence-corrected chi connectivity index (χ2v) is 6.01. The summed E-state index contributed by atoms with van der Waals surface area (Å²) in [5, 5.41) is 0. The smallest absolute Gasteiger partial charge is 0.123 e. The van der Waals surface area contributed by atoms with Crippen LogP contribution in [-0.2, 0) is 4.74 Å². The highest BCUT2D eigenvalue weighted by Crippen LogP contribution is 2.24. The van der Waals surface area contributed by atoms with E-state index >= 15 is 0 Å². The van der Waals surface area contributed by atoms with Crippen molar-refractivity contribution >= 4 is 11.8 Å². The number of ether oxygens (including phenoxy) is 1. The normalized spacial score (nSPS) is 18.4. The van der Waals surface area contributed by atoms with Crippen molar-refractivity contribution in [3.63, 3.8) is 0 Å². The van der Waals surface area contributed by atoms with Gasteiger partial charge in [-0.3, -0.25) is 11.3 Å². The summed E-state index contributed by atoms with van der Waals surface area (Å²) in [7, 11) is 0. The first kappa shape index (κ1) is 14.8. The molecule has 2 rings (SSSR count). The topological polar surface area (TPSA) is 47.3 Å². The Hall–Kier alpha value is -0.620. The standard InChI is InChI=1S/C14H21FN2OS/c15-12-1-3-14(4-2-12)19-10-13(17-16)9-11-5-7-18-8-6-11/h1-4,11,13,17H,5-10,16H2. The number of nitrogens with one attached hydrogen (secondary N) is 1. The SMILES string of the molecule is NNC(CSc1ccc(F)cc1)CC1CCOCC1. The number of benzene rings is 1. The summed E-state index contributed by atoms with van der Waals surface area (Å²) in [6.45, 7) is 1.74. The number of nitrogens with two attached hydrogens (primary N) is 1. The molecule has 5 heteroatoms. The summed E-state index contributed by atoms with van der Waals surface area (Å²) in [5.74, 6) is 7.03. The van der Waals surface area contributed by atoms with E-state index in [2.05, 4.69) is 5.43 Å². The molecule has 0 saturated carbocycles. The molecule has 3 nitrogen and oxygen atoms in total. The minimum atomic E-state index is -0.194. The van der Waals surface area contributed by atoms with Gasteiger partial charge in [-0.2, -0.15) is 0 Å². The van der Waals surface area contributed by atoms with Gasteiger partial charge in [-0.1, -0.05) is 0 Å². The van der Waals surface area contributed by atoms with Gasteiger partial charge in [0.2, 0.25) is 0 Å². The van der Waals surface area contributed by atoms with Gasteiger partial charge < -0.3 is 4.74 Å². The Morgan fingerprint density at radius 1 is 1.32 bits per heavy atom. The molecule has 1 aliphatic heterocycles. The molecule has 1 heterocycles. The lowest BCUT2D eigenvalue weighted by molar-refractivity contribution is 0.0613. The van der Waals surface area contributed by atoms with Crippen LogP contribution in [0.3, 0.4) is 0 Å². The van der Waals surface area contributed by atoms with Crippen LogP contribution in [-0.4, -0.2) is 25.0 Å². The molecule has 0 aromatic heterocycles. The number of halogens is 1. The van der Waals surface area contributed by atoms with E-state index in [1.54, 1.807) is 11.8 Å². The van der Waals surface area contributed by atoms with Gasteiger partial charge in [0.1, 0.15) is 5.82 Å². The lowest BCUT2D eigenvalue weighted by atomic mass is 9.93. The first-order chi connectivity index (χ1) is 9.28. The molecule has 1 unspecified atom stereocenters. The zero-order chi connectivity index (χ0) is 13.5. The Labute approximate surface area is 118 Å². The van der Waals surface area contributed by atoms with Gasteiger partial charge >= 0.3 is 0 Å². The first-order valence-corrected chi connectivity index (χ1v) is 7.68. The lowest BCUT2D eigenvalue weighted by Crippen LogP contribution is -2.39. The molecule has 0 bridgehead atoms. The quantitative estimate of drug-likeness (QED) is 0.479. The molecule has 0 amide bonds. The summed E-state index contributed by atoms with van der Waals surface area (Å²) in [6, 6.07) is 6.89. The lowest BCUT2D eigenvalue weighted by Gasteiger charge is -2.26. The molecule has 0 aliphatic carbocycles. The molecular formula is C14H21FN2OS. The molecule has 1 saturated heterocycles. The molecule has 0 spiro atoms. The molecule has 3 N–H and O–H groups in total. The second kappa shape index (κ2) is 7.85. The van der Waals surface area contributed by atoms with Gasteiger partial charge in [0.05, 0.1) is 0 Å². The van der Waals surface area contributed by atoms with Crippen LogP contribution in [0.1, 0.15) is 19.3 Å². The van der Waals surface area contributed by atoms with Crippen molar-refractivity contribution in [2.24, 2.45) is 11.8 Å². The third kappa shape index (κ3) is 5.10. The van der Waals surface area contributed by atoms with E-state index in [1.165, 1.54) is 12.1 Å². The summed E-state index contributed by atoms with van der Waals surface area (Å²) in [6.07, 6.45) is 3.33. The van der Waals surface area contributed by atoms with E-state index < -0.39 is 0 Å². The van der Waals surface area contributed by atoms with Crippen LogP contribution in [0.2, 0.25) is 0 Å². The van der Waals surface area contributed by atoms with Crippen LogP contribution < -0.4 is 11.3 Å². The third-order valence-corrected chi connectivity index (χ3v) is 4.63. The fourth-order valence-electron chi connectivity index (χ4n) is 2.30. The molecule has 0 radical (unpaired) electrons. The largest absolute Gasteiger partial charge is 0.381 e. The van der Waals surface area contributed by atoms with Crippen molar-refractivity contribution in [3.8, 4) is 0 Å². The van der Waals surface area contributed by atoms with Gasteiger partial charge in [-0.15, -0.1) is 11.8 Å². The molecule has 1 fully saturated rings. The summed E-state index contributed by atoms with van der Waals surface area (Å²) in [4.78, 5) is 1.08. The minimum absolute atomic E-state index is 0.194. The molecule has 1 aliphatic rings. The Kier molecular flexibility index (Phi) is 6.10. The number of rotatable bonds is 6. The fourth-order valence-corrected chi connectivity index (χ4v) is 3.25. The van der Waals surface area contributed by atoms with Gasteiger partial charge in [0.15, 0.2) is 0 Å². The molecule has 19 heavy (non-hydrogen) atoms. The Bertz CT molecular complexity index is 368. The monoisotopic (exact) mass is 284 g/mol. The first-order valence-electron chi connectivity index (χ1n) is 6.70. The van der Waals surface area contributed by atoms with Gasteiger partial charge in [0.25, 0.3) is 0 Å². The summed E-state index contributed by atoms with van der Waals surface area (Å²) >= 11 is 1.71. The van der Waals surface area contributed by atoms with Gasteiger partial charge in [-0.05, 0) is 49.4 Å². The van der Waals surface area contributed by atoms with Crippen molar-refractivity contribution in [2.75, 3.05) is 19.0 Å². The average Bonchev–Trinajstić information content (AvgIpc) is 2.46. The predicted octanol–water partition coefficient (Wildman–Crippen LogP) is 2.57. The number of thioether (sulfide) groups is 1. The van der Waals surface area contributed by atoms with Crippen molar-refractivity contribution < 1.29 is 9.13 Å².